The molecule has 106 valence electrons. The second-order valence-electron chi connectivity index (χ2n) is 5.71. The molecule has 0 aliphatic carbocycles. The number of carbonyl (C=O) groups excluding carboxylic acids is 1. The fraction of sp³-hybridized carbons (Fsp3) is 0.222. The van der Waals surface area contributed by atoms with Crippen LogP contribution in [0.1, 0.15) is 32.0 Å². The number of anilines is 1. The number of nitrogens with zero attached hydrogens (tertiary/aromatic N) is 1. The van der Waals surface area contributed by atoms with Crippen LogP contribution in [0.5, 0.6) is 0 Å². The normalized spacial score (nSPS) is 10.4. The van der Waals surface area contributed by atoms with Crippen LogP contribution in [-0.4, -0.2) is 10.9 Å². The zero-order valence-electron chi connectivity index (χ0n) is 12.5. The Morgan fingerprint density at radius 3 is 2.43 bits per heavy atom. The van der Waals surface area contributed by atoms with Crippen LogP contribution in [0.3, 0.4) is 0 Å². The molecule has 1 aromatic carbocycles. The van der Waals surface area contributed by atoms with Crippen LogP contribution >= 0.6 is 0 Å². The number of amides is 1. The Morgan fingerprint density at radius 1 is 1.05 bits per heavy atom. The molecule has 2 aromatic rings. The average Bonchev–Trinajstić information content (AvgIpc) is 2.46. The first-order chi connectivity index (χ1) is 9.97. The molecule has 0 saturated heterocycles. The number of carbonyl (C=O) groups is 1. The highest BCUT2D eigenvalue weighted by molar-refractivity contribution is 5.95. The lowest BCUT2D eigenvalue weighted by Gasteiger charge is -2.18. The number of para-hydroxylation sites is 1. The summed E-state index contributed by atoms with van der Waals surface area (Å²) in [6.45, 7) is 5.64. The molecule has 1 heterocycles. The number of pyridine rings is 1. The summed E-state index contributed by atoms with van der Waals surface area (Å²) >= 11 is 0. The van der Waals surface area contributed by atoms with E-state index in [1.54, 1.807) is 6.20 Å². The molecule has 21 heavy (non-hydrogen) atoms. The van der Waals surface area contributed by atoms with Gasteiger partial charge < -0.3 is 5.32 Å². The van der Waals surface area contributed by atoms with E-state index in [1.807, 2.05) is 63.2 Å². The summed E-state index contributed by atoms with van der Waals surface area (Å²) in [5.74, 6) is 6.03. The van der Waals surface area contributed by atoms with Crippen molar-refractivity contribution in [3.8, 4) is 11.8 Å². The number of nitrogens with one attached hydrogen (secondary N) is 1. The molecule has 0 bridgehead atoms. The summed E-state index contributed by atoms with van der Waals surface area (Å²) in [7, 11) is 0. The molecule has 0 fully saturated rings. The zero-order valence-corrected chi connectivity index (χ0v) is 12.5. The summed E-state index contributed by atoms with van der Waals surface area (Å²) in [4.78, 5) is 16.3. The minimum Gasteiger partial charge on any atom is -0.325 e. The smallest absolute Gasteiger partial charge is 0.229 e. The van der Waals surface area contributed by atoms with Gasteiger partial charge in [0.2, 0.25) is 5.91 Å². The van der Waals surface area contributed by atoms with Crippen LogP contribution in [0.4, 0.5) is 5.69 Å². The van der Waals surface area contributed by atoms with E-state index in [4.69, 9.17) is 0 Å². The first-order valence-corrected chi connectivity index (χ1v) is 6.80. The van der Waals surface area contributed by atoms with Crippen LogP contribution in [0.15, 0.2) is 48.7 Å². The van der Waals surface area contributed by atoms with Crippen molar-refractivity contribution in [3.63, 3.8) is 0 Å². The maximum Gasteiger partial charge on any atom is 0.229 e. The summed E-state index contributed by atoms with van der Waals surface area (Å²) in [6.07, 6.45) is 1.71. The Balaban J connectivity index is 2.26. The molecule has 0 aliphatic heterocycles. The highest BCUT2D eigenvalue weighted by atomic mass is 16.2. The highest BCUT2D eigenvalue weighted by Gasteiger charge is 2.21. The van der Waals surface area contributed by atoms with Crippen molar-refractivity contribution in [2.45, 2.75) is 20.8 Å². The van der Waals surface area contributed by atoms with Crippen LogP contribution in [0.2, 0.25) is 0 Å². The third-order valence-corrected chi connectivity index (χ3v) is 2.85. The molecule has 1 amide bonds. The van der Waals surface area contributed by atoms with Gasteiger partial charge in [0.1, 0.15) is 5.69 Å². The molecular weight excluding hydrogens is 260 g/mol. The fourth-order valence-corrected chi connectivity index (χ4v) is 1.58. The molecule has 0 radical (unpaired) electrons. The van der Waals surface area contributed by atoms with Gasteiger partial charge in [-0.15, -0.1) is 0 Å². The fourth-order valence-electron chi connectivity index (χ4n) is 1.58. The minimum atomic E-state index is -0.443. The minimum absolute atomic E-state index is 0.0328. The van der Waals surface area contributed by atoms with Crippen molar-refractivity contribution in [1.29, 1.82) is 0 Å². The number of hydrogen-bond acceptors (Lipinski definition) is 2. The van der Waals surface area contributed by atoms with Crippen molar-refractivity contribution >= 4 is 11.6 Å². The van der Waals surface area contributed by atoms with Crippen molar-refractivity contribution in [1.82, 2.24) is 4.98 Å². The Morgan fingerprint density at radius 2 is 1.76 bits per heavy atom. The predicted molar refractivity (Wildman–Crippen MR) is 84.7 cm³/mol. The van der Waals surface area contributed by atoms with Gasteiger partial charge in [-0.3, -0.25) is 4.79 Å². The Bertz CT molecular complexity index is 688. The molecule has 0 aliphatic rings. The largest absolute Gasteiger partial charge is 0.325 e. The second kappa shape index (κ2) is 6.23. The summed E-state index contributed by atoms with van der Waals surface area (Å²) < 4.78 is 0. The van der Waals surface area contributed by atoms with Gasteiger partial charge in [0.15, 0.2) is 0 Å². The van der Waals surface area contributed by atoms with Gasteiger partial charge in [0, 0.05) is 17.2 Å². The maximum atomic E-state index is 12.1. The number of hydrogen-bond donors (Lipinski definition) is 1. The summed E-state index contributed by atoms with van der Waals surface area (Å²) in [5.41, 5.74) is 1.76. The Hall–Kier alpha value is -2.60. The van der Waals surface area contributed by atoms with Gasteiger partial charge >= 0.3 is 0 Å². The first kappa shape index (κ1) is 14.8. The molecule has 0 unspecified atom stereocenters. The number of rotatable bonds is 1. The lowest BCUT2D eigenvalue weighted by molar-refractivity contribution is -0.123. The lowest BCUT2D eigenvalue weighted by atomic mass is 9.95. The van der Waals surface area contributed by atoms with Crippen molar-refractivity contribution in [2.75, 3.05) is 5.32 Å². The first-order valence-electron chi connectivity index (χ1n) is 6.80. The maximum absolute atomic E-state index is 12.1. The molecular formula is C18H18N2O. The van der Waals surface area contributed by atoms with E-state index in [9.17, 15) is 4.79 Å². The molecule has 0 atom stereocenters. The van der Waals surface area contributed by atoms with Gasteiger partial charge in [-0.1, -0.05) is 44.9 Å². The summed E-state index contributed by atoms with van der Waals surface area (Å²) in [5, 5.41) is 2.92. The lowest BCUT2D eigenvalue weighted by Crippen LogP contribution is -2.27. The third kappa shape index (κ3) is 4.19. The van der Waals surface area contributed by atoms with Gasteiger partial charge in [-0.05, 0) is 30.2 Å². The van der Waals surface area contributed by atoms with Gasteiger partial charge in [0.05, 0.1) is 5.69 Å². The van der Waals surface area contributed by atoms with Crippen LogP contribution in [0.25, 0.3) is 0 Å². The predicted octanol–water partition coefficient (Wildman–Crippen LogP) is 3.47. The van der Waals surface area contributed by atoms with E-state index in [-0.39, 0.29) is 5.91 Å². The number of aromatic nitrogens is 1. The molecule has 2 rings (SSSR count). The van der Waals surface area contributed by atoms with Crippen LogP contribution < -0.4 is 5.32 Å². The molecule has 3 heteroatoms. The van der Waals surface area contributed by atoms with Crippen molar-refractivity contribution in [2.24, 2.45) is 5.41 Å². The topological polar surface area (TPSA) is 42.0 Å². The van der Waals surface area contributed by atoms with Crippen molar-refractivity contribution in [3.05, 3.63) is 59.9 Å². The molecule has 0 saturated carbocycles. The second-order valence-corrected chi connectivity index (χ2v) is 5.71. The zero-order chi connectivity index (χ0) is 15.3. The average molecular weight is 278 g/mol. The molecule has 1 aromatic heterocycles. The number of benzene rings is 1. The Kier molecular flexibility index (Phi) is 4.39. The summed E-state index contributed by atoms with van der Waals surface area (Å²) in [6, 6.07) is 13.1. The van der Waals surface area contributed by atoms with E-state index < -0.39 is 5.41 Å². The standard InChI is InChI=1S/C18H18N2O/c1-18(2,3)17(21)20-16-10-5-4-8-14(16)11-12-15-9-6-7-13-19-15/h4-10,13H,1-3H3,(H,20,21). The third-order valence-electron chi connectivity index (χ3n) is 2.85. The SMILES string of the molecule is CC(C)(C)C(=O)Nc1ccccc1C#Cc1ccccn1. The highest BCUT2D eigenvalue weighted by Crippen LogP contribution is 2.19. The monoisotopic (exact) mass is 278 g/mol. The van der Waals surface area contributed by atoms with E-state index in [1.165, 1.54) is 0 Å². The van der Waals surface area contributed by atoms with Crippen LogP contribution in [0, 0.1) is 17.3 Å². The van der Waals surface area contributed by atoms with E-state index in [2.05, 4.69) is 22.1 Å². The molecule has 3 nitrogen and oxygen atoms in total. The van der Waals surface area contributed by atoms with E-state index in [0.717, 1.165) is 11.3 Å². The van der Waals surface area contributed by atoms with Gasteiger partial charge in [0.25, 0.3) is 0 Å². The van der Waals surface area contributed by atoms with E-state index >= 15 is 0 Å². The Labute approximate surface area is 125 Å². The quantitative estimate of drug-likeness (QED) is 0.812. The van der Waals surface area contributed by atoms with E-state index in [0.29, 0.717) is 5.69 Å². The molecule has 1 N–H and O–H groups in total. The molecule has 0 spiro atoms. The van der Waals surface area contributed by atoms with Gasteiger partial charge in [-0.25, -0.2) is 4.98 Å². The van der Waals surface area contributed by atoms with Gasteiger partial charge in [-0.2, -0.15) is 0 Å². The van der Waals surface area contributed by atoms with Crippen molar-refractivity contribution < 1.29 is 4.79 Å². The van der Waals surface area contributed by atoms with Crippen LogP contribution in [-0.2, 0) is 4.79 Å².